The number of halogens is 6. The molecule has 4 atom stereocenters. The van der Waals surface area contributed by atoms with Crippen molar-refractivity contribution in [3.8, 4) is 0 Å². The van der Waals surface area contributed by atoms with Gasteiger partial charge in [-0.15, -0.1) is 23.2 Å². The maximum atomic E-state index is 9.37. The lowest BCUT2D eigenvalue weighted by Gasteiger charge is -2.34. The van der Waals surface area contributed by atoms with Gasteiger partial charge in [0.25, 0.3) is 0 Å². The molecule has 1 fully saturated rings. The van der Waals surface area contributed by atoms with Crippen molar-refractivity contribution in [3.05, 3.63) is 10.1 Å². The molecule has 2 aliphatic carbocycles. The lowest BCUT2D eigenvalue weighted by molar-refractivity contribution is 0.171. The van der Waals surface area contributed by atoms with Crippen LogP contribution < -0.4 is 0 Å². The molecular formula is C11H12Cl6O. The van der Waals surface area contributed by atoms with Crippen LogP contribution in [0.2, 0.25) is 0 Å². The van der Waals surface area contributed by atoms with Crippen molar-refractivity contribution in [3.63, 3.8) is 0 Å². The fourth-order valence-electron chi connectivity index (χ4n) is 2.77. The average molecular weight is 373 g/mol. The van der Waals surface area contributed by atoms with E-state index in [4.69, 9.17) is 69.6 Å². The van der Waals surface area contributed by atoms with Gasteiger partial charge in [-0.2, -0.15) is 0 Å². The van der Waals surface area contributed by atoms with Crippen LogP contribution >= 0.6 is 69.6 Å². The van der Waals surface area contributed by atoms with Crippen molar-refractivity contribution in [1.82, 2.24) is 0 Å². The molecule has 0 aromatic heterocycles. The SMILES string of the molecule is CC(O)CCC1CC2(Cl)C(Cl)=C(Cl)C1(Cl)C2(Cl)Cl. The topological polar surface area (TPSA) is 20.2 Å². The number of rotatable bonds is 3. The Labute approximate surface area is 136 Å². The first-order valence-electron chi connectivity index (χ1n) is 5.59. The molecule has 1 N–H and O–H groups in total. The van der Waals surface area contributed by atoms with Gasteiger partial charge >= 0.3 is 0 Å². The molecule has 2 rings (SSSR count). The summed E-state index contributed by atoms with van der Waals surface area (Å²) in [4.78, 5) is -2.31. The Morgan fingerprint density at radius 2 is 1.78 bits per heavy atom. The second-order valence-electron chi connectivity index (χ2n) is 5.04. The van der Waals surface area contributed by atoms with Gasteiger partial charge in [-0.3, -0.25) is 0 Å². The fourth-order valence-corrected chi connectivity index (χ4v) is 5.65. The molecule has 104 valence electrons. The largest absolute Gasteiger partial charge is 0.393 e. The second-order valence-corrected chi connectivity index (χ2v) is 8.37. The normalized spacial score (nSPS) is 43.7. The third-order valence-corrected chi connectivity index (χ3v) is 8.16. The van der Waals surface area contributed by atoms with E-state index in [2.05, 4.69) is 0 Å². The van der Waals surface area contributed by atoms with E-state index in [1.54, 1.807) is 6.92 Å². The standard InChI is InChI=1S/C11H12Cl6O/c1-5(18)2-3-6-4-9(14)7(12)8(13)10(6,15)11(9,16)17/h5-6,18H,2-4H2,1H3. The molecule has 0 aliphatic heterocycles. The van der Waals surface area contributed by atoms with Crippen LogP contribution in [0, 0.1) is 5.92 Å². The van der Waals surface area contributed by atoms with E-state index >= 15 is 0 Å². The van der Waals surface area contributed by atoms with E-state index in [9.17, 15) is 5.11 Å². The Bertz CT molecular complexity index is 406. The zero-order chi connectivity index (χ0) is 13.9. The van der Waals surface area contributed by atoms with Crippen molar-refractivity contribution in [1.29, 1.82) is 0 Å². The van der Waals surface area contributed by atoms with Crippen molar-refractivity contribution in [2.24, 2.45) is 5.92 Å². The molecule has 1 nitrogen and oxygen atoms in total. The molecule has 1 saturated carbocycles. The van der Waals surface area contributed by atoms with Gasteiger partial charge < -0.3 is 5.11 Å². The first kappa shape index (κ1) is 15.8. The van der Waals surface area contributed by atoms with E-state index in [1.807, 2.05) is 0 Å². The Morgan fingerprint density at radius 3 is 2.17 bits per heavy atom. The summed E-state index contributed by atoms with van der Waals surface area (Å²) in [5, 5.41) is 9.83. The second kappa shape index (κ2) is 4.73. The number of fused-ring (bicyclic) bond motifs is 2. The van der Waals surface area contributed by atoms with Crippen LogP contribution in [0.4, 0.5) is 0 Å². The zero-order valence-electron chi connectivity index (χ0n) is 9.49. The van der Waals surface area contributed by atoms with Gasteiger partial charge in [0.2, 0.25) is 0 Å². The Morgan fingerprint density at radius 1 is 1.22 bits per heavy atom. The molecule has 0 aromatic rings. The predicted molar refractivity (Wildman–Crippen MR) is 79.4 cm³/mol. The van der Waals surface area contributed by atoms with E-state index in [0.717, 1.165) is 0 Å². The lowest BCUT2D eigenvalue weighted by atomic mass is 9.87. The first-order valence-corrected chi connectivity index (χ1v) is 7.85. The predicted octanol–water partition coefficient (Wildman–Crippen LogP) is 5.00. The zero-order valence-corrected chi connectivity index (χ0v) is 14.0. The maximum Gasteiger partial charge on any atom is 0.166 e. The molecule has 7 heteroatoms. The maximum absolute atomic E-state index is 9.37. The Kier molecular flexibility index (Phi) is 4.16. The monoisotopic (exact) mass is 370 g/mol. The van der Waals surface area contributed by atoms with Crippen molar-refractivity contribution in [2.75, 3.05) is 0 Å². The highest BCUT2D eigenvalue weighted by Gasteiger charge is 2.77. The van der Waals surface area contributed by atoms with Gasteiger partial charge in [0.15, 0.2) is 4.33 Å². The van der Waals surface area contributed by atoms with Crippen LogP contribution in [0.1, 0.15) is 26.2 Å². The molecule has 0 radical (unpaired) electrons. The van der Waals surface area contributed by atoms with E-state index in [-0.39, 0.29) is 16.0 Å². The molecule has 0 aromatic carbocycles. The average Bonchev–Trinajstić information content (AvgIpc) is 2.48. The van der Waals surface area contributed by atoms with Crippen LogP contribution in [0.3, 0.4) is 0 Å². The smallest absolute Gasteiger partial charge is 0.166 e. The molecule has 0 spiro atoms. The van der Waals surface area contributed by atoms with Crippen molar-refractivity contribution >= 4 is 69.6 Å². The summed E-state index contributed by atoms with van der Waals surface area (Å²) in [6.07, 6.45) is 1.25. The fraction of sp³-hybridized carbons (Fsp3) is 0.818. The molecule has 0 saturated heterocycles. The summed E-state index contributed by atoms with van der Waals surface area (Å²) >= 11 is 38.0. The molecule has 2 aliphatic rings. The third kappa shape index (κ3) is 1.78. The van der Waals surface area contributed by atoms with Crippen LogP contribution in [0.15, 0.2) is 10.1 Å². The summed E-state index contributed by atoms with van der Waals surface area (Å²) in [6.45, 7) is 1.71. The van der Waals surface area contributed by atoms with Gasteiger partial charge in [-0.05, 0) is 32.1 Å². The summed E-state index contributed by atoms with van der Waals surface area (Å²) < 4.78 is -1.44. The van der Waals surface area contributed by atoms with Gasteiger partial charge in [0, 0.05) is 0 Å². The lowest BCUT2D eigenvalue weighted by Crippen LogP contribution is -2.44. The summed E-state index contributed by atoms with van der Waals surface area (Å²) in [5.74, 6) is -0.115. The van der Waals surface area contributed by atoms with Gasteiger partial charge in [0.1, 0.15) is 9.75 Å². The summed E-state index contributed by atoms with van der Waals surface area (Å²) in [5.41, 5.74) is 0. The highest BCUT2D eigenvalue weighted by molar-refractivity contribution is 6.65. The van der Waals surface area contributed by atoms with E-state index < -0.39 is 20.2 Å². The third-order valence-electron chi connectivity index (χ3n) is 3.84. The van der Waals surface area contributed by atoms with Crippen LogP contribution in [-0.4, -0.2) is 25.3 Å². The summed E-state index contributed by atoms with van der Waals surface area (Å²) in [7, 11) is 0. The number of hydrogen-bond donors (Lipinski definition) is 1. The van der Waals surface area contributed by atoms with Gasteiger partial charge in [-0.1, -0.05) is 46.4 Å². The number of aliphatic hydroxyl groups excluding tert-OH is 1. The Balaban J connectivity index is 2.37. The quantitative estimate of drug-likeness (QED) is 0.691. The van der Waals surface area contributed by atoms with Crippen LogP contribution in [0.5, 0.6) is 0 Å². The molecule has 18 heavy (non-hydrogen) atoms. The Hall–Kier alpha value is 1.44. The van der Waals surface area contributed by atoms with Crippen LogP contribution in [-0.2, 0) is 0 Å². The number of alkyl halides is 4. The number of hydrogen-bond acceptors (Lipinski definition) is 1. The van der Waals surface area contributed by atoms with Gasteiger partial charge in [-0.25, -0.2) is 0 Å². The van der Waals surface area contributed by atoms with Crippen molar-refractivity contribution < 1.29 is 5.11 Å². The van der Waals surface area contributed by atoms with Crippen LogP contribution in [0.25, 0.3) is 0 Å². The molecule has 2 bridgehead atoms. The molecular weight excluding hydrogens is 361 g/mol. The summed E-state index contributed by atoms with van der Waals surface area (Å²) in [6, 6.07) is 0. The van der Waals surface area contributed by atoms with E-state index in [0.29, 0.717) is 19.3 Å². The first-order chi connectivity index (χ1) is 8.09. The molecule has 0 amide bonds. The minimum Gasteiger partial charge on any atom is -0.393 e. The molecule has 0 heterocycles. The van der Waals surface area contributed by atoms with E-state index in [1.165, 1.54) is 0 Å². The van der Waals surface area contributed by atoms with Gasteiger partial charge in [0.05, 0.1) is 16.2 Å². The highest BCUT2D eigenvalue weighted by Crippen LogP contribution is 2.74. The highest BCUT2D eigenvalue weighted by atomic mass is 35.5. The molecule has 4 unspecified atom stereocenters. The minimum atomic E-state index is -1.44. The number of allylic oxidation sites excluding steroid dienone is 2. The number of aliphatic hydroxyl groups is 1. The minimum absolute atomic E-state index is 0.115. The van der Waals surface area contributed by atoms with Crippen molar-refractivity contribution in [2.45, 2.75) is 46.4 Å².